The van der Waals surface area contributed by atoms with Gasteiger partial charge >= 0.3 is 0 Å². The number of rotatable bonds is 8. The predicted molar refractivity (Wildman–Crippen MR) is 258 cm³/mol. The second kappa shape index (κ2) is 16.6. The molecule has 0 aliphatic rings. The SMILES string of the molecule is CC(C)c1cc(-c2ccccc2)cc(C(C)C)c1-c1cc(-c2cc(C(C)(C)C)cc(C(C)(C)C)c2O)[c-][n+](-c2cc(-c3cc(-c4ccccc4)ccn3)cc(C(C)(C)C)c2)c1. The minimum Gasteiger partial charge on any atom is -0.515 e. The van der Waals surface area contributed by atoms with Crippen molar-refractivity contribution in [3.05, 3.63) is 168 Å². The van der Waals surface area contributed by atoms with Crippen LogP contribution in [0.3, 0.4) is 0 Å². The molecule has 0 saturated carbocycles. The maximum atomic E-state index is 12.4. The summed E-state index contributed by atoms with van der Waals surface area (Å²) in [7, 11) is 0. The summed E-state index contributed by atoms with van der Waals surface area (Å²) >= 11 is 0. The molecule has 61 heavy (non-hydrogen) atoms. The van der Waals surface area contributed by atoms with Crippen molar-refractivity contribution in [3.8, 4) is 67.2 Å². The van der Waals surface area contributed by atoms with Crippen LogP contribution in [0, 0.1) is 6.20 Å². The van der Waals surface area contributed by atoms with Gasteiger partial charge in [0.15, 0.2) is 6.20 Å². The van der Waals surface area contributed by atoms with E-state index in [1.807, 2.05) is 6.20 Å². The molecule has 7 rings (SSSR count). The summed E-state index contributed by atoms with van der Waals surface area (Å²) in [5.74, 6) is 0.807. The van der Waals surface area contributed by atoms with Crippen molar-refractivity contribution in [2.24, 2.45) is 0 Å². The summed E-state index contributed by atoms with van der Waals surface area (Å²) in [4.78, 5) is 4.94. The van der Waals surface area contributed by atoms with Gasteiger partial charge in [0.25, 0.3) is 0 Å². The first kappa shape index (κ1) is 43.3. The van der Waals surface area contributed by atoms with E-state index in [9.17, 15) is 5.11 Å². The van der Waals surface area contributed by atoms with E-state index in [1.165, 1.54) is 38.9 Å². The number of phenols is 1. The van der Waals surface area contributed by atoms with E-state index in [2.05, 4.69) is 228 Å². The molecule has 2 heterocycles. The Labute approximate surface area is 366 Å². The first-order valence-electron chi connectivity index (χ1n) is 22.0. The summed E-state index contributed by atoms with van der Waals surface area (Å²) in [5, 5.41) is 12.4. The zero-order chi connectivity index (χ0) is 44.0. The summed E-state index contributed by atoms with van der Waals surface area (Å²) in [6.45, 7) is 29.3. The average molecular weight is 805 g/mol. The first-order chi connectivity index (χ1) is 28.7. The van der Waals surface area contributed by atoms with E-state index < -0.39 is 0 Å². The van der Waals surface area contributed by atoms with Gasteiger partial charge in [0.1, 0.15) is 11.9 Å². The fourth-order valence-electron chi connectivity index (χ4n) is 8.24. The second-order valence-corrected chi connectivity index (χ2v) is 20.6. The quantitative estimate of drug-likeness (QED) is 0.123. The Morgan fingerprint density at radius 1 is 0.525 bits per heavy atom. The largest absolute Gasteiger partial charge is 0.515 e. The van der Waals surface area contributed by atoms with Gasteiger partial charge in [-0.05, 0) is 136 Å². The second-order valence-electron chi connectivity index (χ2n) is 20.6. The molecule has 0 saturated heterocycles. The van der Waals surface area contributed by atoms with Gasteiger partial charge < -0.3 is 5.11 Å². The van der Waals surface area contributed by atoms with Crippen LogP contribution in [0.15, 0.2) is 134 Å². The third-order valence-electron chi connectivity index (χ3n) is 11.9. The number of benzene rings is 5. The van der Waals surface area contributed by atoms with Gasteiger partial charge in [0.05, 0.1) is 11.4 Å². The number of hydrogen-bond donors (Lipinski definition) is 1. The van der Waals surface area contributed by atoms with Crippen LogP contribution in [0.1, 0.15) is 130 Å². The van der Waals surface area contributed by atoms with E-state index >= 15 is 0 Å². The minimum absolute atomic E-state index is 0.143. The fourth-order valence-corrected chi connectivity index (χ4v) is 8.24. The molecule has 2 aromatic heterocycles. The van der Waals surface area contributed by atoms with Crippen molar-refractivity contribution in [3.63, 3.8) is 0 Å². The molecule has 0 radical (unpaired) electrons. The van der Waals surface area contributed by atoms with Crippen LogP contribution >= 0.6 is 0 Å². The molecule has 5 aromatic carbocycles. The monoisotopic (exact) mass is 805 g/mol. The topological polar surface area (TPSA) is 37.0 Å². The van der Waals surface area contributed by atoms with E-state index in [-0.39, 0.29) is 28.1 Å². The van der Waals surface area contributed by atoms with E-state index in [4.69, 9.17) is 4.98 Å². The molecule has 3 heteroatoms. The predicted octanol–water partition coefficient (Wildman–Crippen LogP) is 15.3. The van der Waals surface area contributed by atoms with Crippen LogP contribution in [0.4, 0.5) is 0 Å². The maximum absolute atomic E-state index is 12.4. The zero-order valence-electron chi connectivity index (χ0n) is 38.7. The van der Waals surface area contributed by atoms with Gasteiger partial charge in [-0.15, -0.1) is 6.07 Å². The highest BCUT2D eigenvalue weighted by molar-refractivity contribution is 5.82. The first-order valence-corrected chi connectivity index (χ1v) is 22.0. The normalized spacial score (nSPS) is 12.4. The lowest BCUT2D eigenvalue weighted by Gasteiger charge is -2.29. The van der Waals surface area contributed by atoms with Crippen LogP contribution in [0.5, 0.6) is 5.75 Å². The van der Waals surface area contributed by atoms with Crippen LogP contribution in [0.2, 0.25) is 0 Å². The standard InChI is InChI=1S/C58H64N2O/c1-37(2)49-29-42(40-22-18-15-19-23-40)30-50(38(3)4)54(49)45-26-44(51-33-47(57(8,9)10)34-52(55(51)61)58(11,12)13)35-60(36-45)48-28-43(27-46(32-48)56(5,6)7)53-31-41(24-25-59-53)39-20-16-14-17-21-39/h14-34,36-38,61H,1-13H3. The Balaban J connectivity index is 1.57. The van der Waals surface area contributed by atoms with Crippen LogP contribution < -0.4 is 4.57 Å². The van der Waals surface area contributed by atoms with Crippen molar-refractivity contribution < 1.29 is 9.67 Å². The highest BCUT2D eigenvalue weighted by atomic mass is 16.3. The van der Waals surface area contributed by atoms with Gasteiger partial charge in [-0.25, -0.2) is 0 Å². The maximum Gasteiger partial charge on any atom is 0.179 e. The summed E-state index contributed by atoms with van der Waals surface area (Å²) in [5.41, 5.74) is 16.9. The van der Waals surface area contributed by atoms with Crippen molar-refractivity contribution in [1.29, 1.82) is 0 Å². The molecule has 7 aromatic rings. The third kappa shape index (κ3) is 9.27. The van der Waals surface area contributed by atoms with Crippen LogP contribution in [-0.4, -0.2) is 10.1 Å². The molecule has 312 valence electrons. The highest BCUT2D eigenvalue weighted by Gasteiger charge is 2.27. The lowest BCUT2D eigenvalue weighted by molar-refractivity contribution is -0.599. The highest BCUT2D eigenvalue weighted by Crippen LogP contribution is 2.45. The van der Waals surface area contributed by atoms with Gasteiger partial charge in [-0.3, -0.25) is 9.55 Å². The van der Waals surface area contributed by atoms with Crippen molar-refractivity contribution >= 4 is 0 Å². The fraction of sp³-hybridized carbons (Fsp3) is 0.310. The molecule has 0 atom stereocenters. The molecule has 0 amide bonds. The number of phenolic OH excluding ortho intramolecular Hbond substituents is 1. The van der Waals surface area contributed by atoms with Crippen molar-refractivity contribution in [1.82, 2.24) is 4.98 Å². The molecule has 1 N–H and O–H groups in total. The number of pyridine rings is 2. The van der Waals surface area contributed by atoms with Crippen molar-refractivity contribution in [2.75, 3.05) is 0 Å². The lowest BCUT2D eigenvalue weighted by Crippen LogP contribution is -2.32. The average Bonchev–Trinajstić information content (AvgIpc) is 3.22. The molecule has 0 unspecified atom stereocenters. The molecule has 0 aliphatic heterocycles. The summed E-state index contributed by atoms with van der Waals surface area (Å²) in [6, 6.07) is 43.7. The zero-order valence-corrected chi connectivity index (χ0v) is 38.7. The Hall–Kier alpha value is -5.80. The summed E-state index contributed by atoms with van der Waals surface area (Å²) < 4.78 is 2.17. The molecule has 3 nitrogen and oxygen atoms in total. The summed E-state index contributed by atoms with van der Waals surface area (Å²) in [6.07, 6.45) is 8.02. The Kier molecular flexibility index (Phi) is 11.8. The van der Waals surface area contributed by atoms with E-state index in [1.54, 1.807) is 0 Å². The Morgan fingerprint density at radius 3 is 1.62 bits per heavy atom. The van der Waals surface area contributed by atoms with E-state index in [0.717, 1.165) is 50.3 Å². The lowest BCUT2D eigenvalue weighted by atomic mass is 9.78. The number of hydrogen-bond acceptors (Lipinski definition) is 2. The Bertz CT molecular complexity index is 2650. The number of aromatic hydroxyl groups is 1. The van der Waals surface area contributed by atoms with Gasteiger partial charge in [-0.2, -0.15) is 0 Å². The molecule has 0 aliphatic carbocycles. The van der Waals surface area contributed by atoms with Gasteiger partial charge in [0.2, 0.25) is 0 Å². The third-order valence-corrected chi connectivity index (χ3v) is 11.9. The number of nitrogens with zero attached hydrogens (tertiary/aromatic N) is 2. The van der Waals surface area contributed by atoms with Crippen molar-refractivity contribution in [2.45, 2.75) is 118 Å². The number of aromatic nitrogens is 2. The molecular weight excluding hydrogens is 741 g/mol. The smallest absolute Gasteiger partial charge is 0.179 e. The van der Waals surface area contributed by atoms with Gasteiger partial charge in [-0.1, -0.05) is 175 Å². The molecule has 0 spiro atoms. The van der Waals surface area contributed by atoms with Crippen LogP contribution in [-0.2, 0) is 16.2 Å². The van der Waals surface area contributed by atoms with Crippen LogP contribution in [0.25, 0.3) is 61.5 Å². The Morgan fingerprint density at radius 2 is 1.08 bits per heavy atom. The molecule has 0 fully saturated rings. The minimum atomic E-state index is -0.284. The van der Waals surface area contributed by atoms with Gasteiger partial charge in [0, 0.05) is 6.20 Å². The molecular formula is C58H64N2O. The molecule has 0 bridgehead atoms. The van der Waals surface area contributed by atoms with E-state index in [0.29, 0.717) is 5.75 Å².